The summed E-state index contributed by atoms with van der Waals surface area (Å²) in [6.07, 6.45) is 4.69. The molecule has 0 aliphatic rings. The third-order valence-electron chi connectivity index (χ3n) is 2.44. The Labute approximate surface area is 103 Å². The molecule has 96 valence electrons. The summed E-state index contributed by atoms with van der Waals surface area (Å²) in [6.45, 7) is 6.30. The number of carbonyl (C=O) groups excluding carboxylic acids is 1. The molecule has 0 rings (SSSR count). The third-order valence-corrected chi connectivity index (χ3v) is 3.35. The number of aliphatic hydroxyl groups is 1. The topological polar surface area (TPSA) is 49.3 Å². The highest BCUT2D eigenvalue weighted by molar-refractivity contribution is 7.98. The zero-order valence-electron chi connectivity index (χ0n) is 10.9. The predicted molar refractivity (Wildman–Crippen MR) is 70.7 cm³/mol. The van der Waals surface area contributed by atoms with Gasteiger partial charge in [0.05, 0.1) is 5.60 Å². The molecule has 2 unspecified atom stereocenters. The molecule has 0 aliphatic heterocycles. The minimum atomic E-state index is -0.803. The summed E-state index contributed by atoms with van der Waals surface area (Å²) >= 11 is 1.58. The van der Waals surface area contributed by atoms with Crippen molar-refractivity contribution in [1.29, 1.82) is 0 Å². The van der Waals surface area contributed by atoms with Gasteiger partial charge in [0.15, 0.2) is 0 Å². The van der Waals surface area contributed by atoms with Gasteiger partial charge in [-0.3, -0.25) is 4.79 Å². The molecule has 1 amide bonds. The summed E-state index contributed by atoms with van der Waals surface area (Å²) in [5, 5.41) is 12.7. The molecule has 0 radical (unpaired) electrons. The molecular formula is C12H25NO2S. The lowest BCUT2D eigenvalue weighted by Gasteiger charge is -2.23. The molecule has 0 spiro atoms. The molecule has 0 aromatic heterocycles. The van der Waals surface area contributed by atoms with Crippen LogP contribution in [0.2, 0.25) is 0 Å². The number of hydrogen-bond donors (Lipinski definition) is 2. The minimum absolute atomic E-state index is 0.0438. The van der Waals surface area contributed by atoms with Crippen molar-refractivity contribution in [2.24, 2.45) is 5.92 Å². The second-order valence-electron chi connectivity index (χ2n) is 4.80. The average Bonchev–Trinajstić information content (AvgIpc) is 2.15. The van der Waals surface area contributed by atoms with Crippen LogP contribution in [0.25, 0.3) is 0 Å². The van der Waals surface area contributed by atoms with E-state index in [4.69, 9.17) is 0 Å². The highest BCUT2D eigenvalue weighted by Crippen LogP contribution is 2.11. The van der Waals surface area contributed by atoms with Crippen LogP contribution >= 0.6 is 11.8 Å². The average molecular weight is 247 g/mol. The van der Waals surface area contributed by atoms with Crippen LogP contribution in [0.4, 0.5) is 0 Å². The van der Waals surface area contributed by atoms with Crippen molar-refractivity contribution in [2.45, 2.75) is 45.6 Å². The molecule has 0 fully saturated rings. The maximum Gasteiger partial charge on any atom is 0.220 e. The van der Waals surface area contributed by atoms with Crippen LogP contribution in [-0.2, 0) is 4.79 Å². The van der Waals surface area contributed by atoms with E-state index in [1.165, 1.54) is 0 Å². The molecule has 4 heteroatoms. The van der Waals surface area contributed by atoms with Gasteiger partial charge in [-0.1, -0.05) is 26.7 Å². The molecule has 0 saturated carbocycles. The highest BCUT2D eigenvalue weighted by atomic mass is 32.2. The first kappa shape index (κ1) is 15.8. The van der Waals surface area contributed by atoms with Gasteiger partial charge >= 0.3 is 0 Å². The maximum atomic E-state index is 11.6. The fourth-order valence-corrected chi connectivity index (χ4v) is 2.36. The van der Waals surface area contributed by atoms with Crippen LogP contribution in [0.1, 0.15) is 40.0 Å². The molecule has 2 atom stereocenters. The summed E-state index contributed by atoms with van der Waals surface area (Å²) in [4.78, 5) is 11.6. The lowest BCUT2D eigenvalue weighted by Crippen LogP contribution is -2.42. The predicted octanol–water partition coefficient (Wildman–Crippen LogP) is 2.04. The van der Waals surface area contributed by atoms with Crippen LogP contribution in [0.5, 0.6) is 0 Å². The Morgan fingerprint density at radius 1 is 1.56 bits per heavy atom. The lowest BCUT2D eigenvalue weighted by molar-refractivity contribution is -0.122. The SMILES string of the molecule is CCCC(C)CC(=O)NCC(C)(O)CSC. The second kappa shape index (κ2) is 7.96. The minimum Gasteiger partial charge on any atom is -0.387 e. The summed E-state index contributed by atoms with van der Waals surface area (Å²) < 4.78 is 0. The lowest BCUT2D eigenvalue weighted by atomic mass is 10.0. The molecule has 0 aliphatic carbocycles. The maximum absolute atomic E-state index is 11.6. The van der Waals surface area contributed by atoms with Gasteiger partial charge in [-0.05, 0) is 19.1 Å². The van der Waals surface area contributed by atoms with E-state index in [2.05, 4.69) is 19.2 Å². The Morgan fingerprint density at radius 2 is 2.19 bits per heavy atom. The summed E-state index contributed by atoms with van der Waals surface area (Å²) in [5.74, 6) is 1.11. The second-order valence-corrected chi connectivity index (χ2v) is 5.67. The zero-order valence-corrected chi connectivity index (χ0v) is 11.7. The highest BCUT2D eigenvalue weighted by Gasteiger charge is 2.20. The van der Waals surface area contributed by atoms with Crippen LogP contribution < -0.4 is 5.32 Å². The van der Waals surface area contributed by atoms with E-state index in [-0.39, 0.29) is 5.91 Å². The van der Waals surface area contributed by atoms with Gasteiger partial charge in [-0.25, -0.2) is 0 Å². The van der Waals surface area contributed by atoms with E-state index < -0.39 is 5.60 Å². The number of amides is 1. The van der Waals surface area contributed by atoms with Crippen molar-refractivity contribution in [3.63, 3.8) is 0 Å². The molecular weight excluding hydrogens is 222 g/mol. The van der Waals surface area contributed by atoms with E-state index in [1.54, 1.807) is 18.7 Å². The Hall–Kier alpha value is -0.220. The van der Waals surface area contributed by atoms with E-state index in [0.29, 0.717) is 24.6 Å². The number of nitrogens with one attached hydrogen (secondary N) is 1. The Balaban J connectivity index is 3.80. The molecule has 3 nitrogen and oxygen atoms in total. The molecule has 0 aromatic rings. The van der Waals surface area contributed by atoms with Crippen molar-refractivity contribution in [3.8, 4) is 0 Å². The first-order chi connectivity index (χ1) is 7.41. The van der Waals surface area contributed by atoms with Gasteiger partial charge in [-0.2, -0.15) is 11.8 Å². The molecule has 0 aromatic carbocycles. The number of hydrogen-bond acceptors (Lipinski definition) is 3. The van der Waals surface area contributed by atoms with Gasteiger partial charge in [0.2, 0.25) is 5.91 Å². The van der Waals surface area contributed by atoms with Crippen molar-refractivity contribution in [2.75, 3.05) is 18.6 Å². The normalized spacial score (nSPS) is 16.6. The number of rotatable bonds is 8. The van der Waals surface area contributed by atoms with Crippen LogP contribution in [0.15, 0.2) is 0 Å². The zero-order chi connectivity index (χ0) is 12.6. The Kier molecular flexibility index (Phi) is 7.85. The van der Waals surface area contributed by atoms with Gasteiger partial charge in [0, 0.05) is 18.7 Å². The molecule has 0 bridgehead atoms. The fraction of sp³-hybridized carbons (Fsp3) is 0.917. The van der Waals surface area contributed by atoms with Gasteiger partial charge in [0.25, 0.3) is 0 Å². The first-order valence-electron chi connectivity index (χ1n) is 5.89. The number of thioether (sulfide) groups is 1. The standard InChI is InChI=1S/C12H25NO2S/c1-5-6-10(2)7-11(14)13-8-12(3,15)9-16-4/h10,15H,5-9H2,1-4H3,(H,13,14). The molecule has 0 heterocycles. The Bertz CT molecular complexity index is 207. The number of carbonyl (C=O) groups is 1. The summed E-state index contributed by atoms with van der Waals surface area (Å²) in [7, 11) is 0. The summed E-state index contributed by atoms with van der Waals surface area (Å²) in [5.41, 5.74) is -0.803. The smallest absolute Gasteiger partial charge is 0.220 e. The quantitative estimate of drug-likeness (QED) is 0.690. The van der Waals surface area contributed by atoms with Gasteiger partial charge < -0.3 is 10.4 Å². The van der Waals surface area contributed by atoms with E-state index in [0.717, 1.165) is 12.8 Å². The monoisotopic (exact) mass is 247 g/mol. The van der Waals surface area contributed by atoms with Crippen molar-refractivity contribution in [1.82, 2.24) is 5.32 Å². The molecule has 0 saturated heterocycles. The largest absolute Gasteiger partial charge is 0.387 e. The Morgan fingerprint density at radius 3 is 2.69 bits per heavy atom. The van der Waals surface area contributed by atoms with Gasteiger partial charge in [0.1, 0.15) is 0 Å². The van der Waals surface area contributed by atoms with E-state index >= 15 is 0 Å². The van der Waals surface area contributed by atoms with Crippen molar-refractivity contribution >= 4 is 17.7 Å². The first-order valence-corrected chi connectivity index (χ1v) is 7.28. The van der Waals surface area contributed by atoms with Crippen LogP contribution in [0.3, 0.4) is 0 Å². The third kappa shape index (κ3) is 7.99. The van der Waals surface area contributed by atoms with Gasteiger partial charge in [-0.15, -0.1) is 0 Å². The van der Waals surface area contributed by atoms with Crippen LogP contribution in [0, 0.1) is 5.92 Å². The van der Waals surface area contributed by atoms with Crippen molar-refractivity contribution < 1.29 is 9.90 Å². The molecule has 2 N–H and O–H groups in total. The fourth-order valence-electron chi connectivity index (χ4n) is 1.63. The van der Waals surface area contributed by atoms with E-state index in [1.807, 2.05) is 6.26 Å². The van der Waals surface area contributed by atoms with E-state index in [9.17, 15) is 9.90 Å². The van der Waals surface area contributed by atoms with Crippen LogP contribution in [-0.4, -0.2) is 35.2 Å². The van der Waals surface area contributed by atoms with Crippen molar-refractivity contribution in [3.05, 3.63) is 0 Å². The molecule has 16 heavy (non-hydrogen) atoms. The summed E-state index contributed by atoms with van der Waals surface area (Å²) in [6, 6.07) is 0.